The molecule has 21 heavy (non-hydrogen) atoms. The molecule has 2 amide bonds. The maximum Gasteiger partial charge on any atom is 0.235 e. The first-order valence-electron chi connectivity index (χ1n) is 6.93. The Morgan fingerprint density at radius 1 is 1.24 bits per heavy atom. The second-order valence-corrected chi connectivity index (χ2v) is 6.32. The largest absolute Gasteiger partial charge is 0.497 e. The van der Waals surface area contributed by atoms with Gasteiger partial charge in [0.05, 0.1) is 12.4 Å². The molecule has 1 aromatic rings. The zero-order chi connectivity index (χ0) is 15.2. The van der Waals surface area contributed by atoms with E-state index < -0.39 is 0 Å². The second-order valence-electron chi connectivity index (χ2n) is 4.90. The van der Waals surface area contributed by atoms with E-state index in [0.717, 1.165) is 17.1 Å². The summed E-state index contributed by atoms with van der Waals surface area (Å²) >= 11 is 1.54. The highest BCUT2D eigenvalue weighted by atomic mass is 32.2. The second kappa shape index (κ2) is 7.36. The van der Waals surface area contributed by atoms with Crippen LogP contribution in [0.5, 0.6) is 5.75 Å². The summed E-state index contributed by atoms with van der Waals surface area (Å²) in [6, 6.07) is 7.69. The van der Waals surface area contributed by atoms with E-state index in [2.05, 4.69) is 0 Å². The minimum Gasteiger partial charge on any atom is -0.497 e. The lowest BCUT2D eigenvalue weighted by Gasteiger charge is -2.33. The fraction of sp³-hybridized carbons (Fsp3) is 0.467. The molecule has 114 valence electrons. The van der Waals surface area contributed by atoms with Crippen LogP contribution < -0.4 is 4.74 Å². The summed E-state index contributed by atoms with van der Waals surface area (Å²) in [5.41, 5.74) is 0. The summed E-state index contributed by atoms with van der Waals surface area (Å²) in [4.78, 5) is 27.6. The fourth-order valence-electron chi connectivity index (χ4n) is 2.21. The highest BCUT2D eigenvalue weighted by Gasteiger charge is 2.24. The van der Waals surface area contributed by atoms with Crippen molar-refractivity contribution in [1.29, 1.82) is 0 Å². The van der Waals surface area contributed by atoms with Crippen molar-refractivity contribution in [2.75, 3.05) is 33.3 Å². The first-order valence-corrected chi connectivity index (χ1v) is 7.81. The van der Waals surface area contributed by atoms with Gasteiger partial charge in [0.15, 0.2) is 0 Å². The Labute approximate surface area is 129 Å². The van der Waals surface area contributed by atoms with Gasteiger partial charge >= 0.3 is 0 Å². The number of thioether (sulfide) groups is 1. The van der Waals surface area contributed by atoms with Crippen molar-refractivity contribution >= 4 is 24.1 Å². The molecule has 2 rings (SSSR count). The molecule has 1 heterocycles. The molecule has 1 aliphatic rings. The first-order chi connectivity index (χ1) is 10.1. The SMILES string of the molecule is COc1ccc(S[C@@H](C)C(=O)N2CCN(C=O)CC2)cc1. The molecule has 1 atom stereocenters. The number of benzene rings is 1. The predicted octanol–water partition coefficient (Wildman–Crippen LogP) is 1.48. The Hall–Kier alpha value is -1.69. The third-order valence-corrected chi connectivity index (χ3v) is 4.59. The number of methoxy groups -OCH3 is 1. The number of piperazine rings is 1. The van der Waals surface area contributed by atoms with Crippen LogP contribution in [0.1, 0.15) is 6.92 Å². The standard InChI is InChI=1S/C15H20N2O3S/c1-12(21-14-5-3-13(20-2)4-6-14)15(19)17-9-7-16(11-18)8-10-17/h3-6,11-12H,7-10H2,1-2H3/t12-/m0/s1. The summed E-state index contributed by atoms with van der Waals surface area (Å²) < 4.78 is 5.12. The molecular formula is C15H20N2O3S. The highest BCUT2D eigenvalue weighted by molar-refractivity contribution is 8.00. The quantitative estimate of drug-likeness (QED) is 0.611. The summed E-state index contributed by atoms with van der Waals surface area (Å²) in [6.45, 7) is 4.39. The van der Waals surface area contributed by atoms with E-state index in [4.69, 9.17) is 4.74 Å². The molecule has 0 aliphatic carbocycles. The fourth-order valence-corrected chi connectivity index (χ4v) is 3.17. The van der Waals surface area contributed by atoms with Crippen molar-refractivity contribution in [2.45, 2.75) is 17.1 Å². The van der Waals surface area contributed by atoms with Crippen molar-refractivity contribution in [3.05, 3.63) is 24.3 Å². The van der Waals surface area contributed by atoms with Gasteiger partial charge in [0.1, 0.15) is 5.75 Å². The summed E-state index contributed by atoms with van der Waals surface area (Å²) in [7, 11) is 1.63. The summed E-state index contributed by atoms with van der Waals surface area (Å²) in [5, 5.41) is -0.138. The number of nitrogens with zero attached hydrogens (tertiary/aromatic N) is 2. The monoisotopic (exact) mass is 308 g/mol. The van der Waals surface area contributed by atoms with E-state index in [0.29, 0.717) is 26.2 Å². The van der Waals surface area contributed by atoms with Crippen molar-refractivity contribution in [1.82, 2.24) is 9.80 Å². The van der Waals surface area contributed by atoms with E-state index in [1.165, 1.54) is 0 Å². The molecule has 0 spiro atoms. The highest BCUT2D eigenvalue weighted by Crippen LogP contribution is 2.26. The lowest BCUT2D eigenvalue weighted by molar-refractivity contribution is -0.134. The van der Waals surface area contributed by atoms with Crippen LogP contribution in [0.15, 0.2) is 29.2 Å². The van der Waals surface area contributed by atoms with Crippen LogP contribution >= 0.6 is 11.8 Å². The van der Waals surface area contributed by atoms with Gasteiger partial charge in [-0.05, 0) is 31.2 Å². The number of carbonyl (C=O) groups is 2. The van der Waals surface area contributed by atoms with Gasteiger partial charge in [0.2, 0.25) is 12.3 Å². The molecule has 5 nitrogen and oxygen atoms in total. The summed E-state index contributed by atoms with van der Waals surface area (Å²) in [5.74, 6) is 0.935. The topological polar surface area (TPSA) is 49.9 Å². The molecule has 0 bridgehead atoms. The number of hydrogen-bond donors (Lipinski definition) is 0. The lowest BCUT2D eigenvalue weighted by Crippen LogP contribution is -2.50. The van der Waals surface area contributed by atoms with E-state index in [9.17, 15) is 9.59 Å². The number of carbonyl (C=O) groups excluding carboxylic acids is 2. The van der Waals surface area contributed by atoms with Crippen LogP contribution in [0.2, 0.25) is 0 Å². The molecule has 0 radical (unpaired) electrons. The predicted molar refractivity (Wildman–Crippen MR) is 82.5 cm³/mol. The van der Waals surface area contributed by atoms with Crippen molar-refractivity contribution in [3.8, 4) is 5.75 Å². The van der Waals surface area contributed by atoms with Crippen LogP contribution in [-0.4, -0.2) is 60.7 Å². The molecule has 0 N–H and O–H groups in total. The van der Waals surface area contributed by atoms with E-state index >= 15 is 0 Å². The van der Waals surface area contributed by atoms with Gasteiger partial charge in [-0.3, -0.25) is 9.59 Å². The van der Waals surface area contributed by atoms with E-state index in [-0.39, 0.29) is 11.2 Å². The Morgan fingerprint density at radius 3 is 2.38 bits per heavy atom. The zero-order valence-corrected chi connectivity index (χ0v) is 13.1. The molecule has 6 heteroatoms. The molecule has 0 saturated carbocycles. The Morgan fingerprint density at radius 2 is 1.86 bits per heavy atom. The van der Waals surface area contributed by atoms with Crippen LogP contribution in [0.25, 0.3) is 0 Å². The van der Waals surface area contributed by atoms with Gasteiger partial charge < -0.3 is 14.5 Å². The molecule has 0 unspecified atom stereocenters. The lowest BCUT2D eigenvalue weighted by atomic mass is 10.3. The molecular weight excluding hydrogens is 288 g/mol. The van der Waals surface area contributed by atoms with Gasteiger partial charge in [-0.25, -0.2) is 0 Å². The van der Waals surface area contributed by atoms with Crippen molar-refractivity contribution in [3.63, 3.8) is 0 Å². The van der Waals surface area contributed by atoms with Crippen LogP contribution in [0.3, 0.4) is 0 Å². The maximum atomic E-state index is 12.4. The number of rotatable bonds is 5. The smallest absolute Gasteiger partial charge is 0.235 e. The third-order valence-electron chi connectivity index (χ3n) is 3.50. The van der Waals surface area contributed by atoms with Crippen LogP contribution in [-0.2, 0) is 9.59 Å². The maximum absolute atomic E-state index is 12.4. The van der Waals surface area contributed by atoms with Gasteiger partial charge in [-0.15, -0.1) is 11.8 Å². The van der Waals surface area contributed by atoms with Crippen LogP contribution in [0.4, 0.5) is 0 Å². The van der Waals surface area contributed by atoms with Crippen molar-refractivity contribution < 1.29 is 14.3 Å². The minimum atomic E-state index is -0.138. The number of amides is 2. The van der Waals surface area contributed by atoms with Crippen LogP contribution in [0, 0.1) is 0 Å². The number of hydrogen-bond acceptors (Lipinski definition) is 4. The zero-order valence-electron chi connectivity index (χ0n) is 12.3. The molecule has 0 aromatic heterocycles. The average Bonchev–Trinajstić information content (AvgIpc) is 2.55. The molecule has 1 aliphatic heterocycles. The number of ether oxygens (including phenoxy) is 1. The Balaban J connectivity index is 1.88. The van der Waals surface area contributed by atoms with Gasteiger partial charge in [-0.1, -0.05) is 0 Å². The Kier molecular flexibility index (Phi) is 5.50. The van der Waals surface area contributed by atoms with Gasteiger partial charge in [0.25, 0.3) is 0 Å². The molecule has 1 fully saturated rings. The van der Waals surface area contributed by atoms with Crippen molar-refractivity contribution in [2.24, 2.45) is 0 Å². The molecule has 1 aromatic carbocycles. The Bertz CT molecular complexity index is 484. The van der Waals surface area contributed by atoms with E-state index in [1.807, 2.05) is 36.1 Å². The first kappa shape index (κ1) is 15.7. The van der Waals surface area contributed by atoms with Gasteiger partial charge in [0, 0.05) is 31.1 Å². The van der Waals surface area contributed by atoms with Gasteiger partial charge in [-0.2, -0.15) is 0 Å². The minimum absolute atomic E-state index is 0.126. The average molecular weight is 308 g/mol. The third kappa shape index (κ3) is 4.14. The molecule has 1 saturated heterocycles. The summed E-state index contributed by atoms with van der Waals surface area (Å²) in [6.07, 6.45) is 0.845. The van der Waals surface area contributed by atoms with E-state index in [1.54, 1.807) is 23.8 Å². The normalized spacial score (nSPS) is 16.5.